The molecule has 218 valence electrons. The van der Waals surface area contributed by atoms with Gasteiger partial charge in [-0.25, -0.2) is 4.79 Å². The number of para-hydroxylation sites is 2. The molecular weight excluding hydrogens is 536 g/mol. The first kappa shape index (κ1) is 28.8. The maximum atomic E-state index is 13.7. The number of rotatable bonds is 10. The topological polar surface area (TPSA) is 121 Å². The lowest BCUT2D eigenvalue weighted by molar-refractivity contribution is -0.116. The molecule has 2 N–H and O–H groups in total. The van der Waals surface area contributed by atoms with Gasteiger partial charge in [0.05, 0.1) is 35.8 Å². The quantitative estimate of drug-likeness (QED) is 0.301. The number of aryl methyl sites for hydroxylation is 1. The number of hydrogen-bond donors (Lipinski definition) is 2. The third-order valence-electron chi connectivity index (χ3n) is 7.23. The van der Waals surface area contributed by atoms with E-state index in [0.717, 1.165) is 28.5 Å². The second-order valence-corrected chi connectivity index (χ2v) is 10.3. The number of nitrogens with zero attached hydrogens (tertiary/aromatic N) is 2. The Morgan fingerprint density at radius 1 is 1.02 bits per heavy atom. The van der Waals surface area contributed by atoms with Crippen LogP contribution >= 0.6 is 0 Å². The molecular formula is C32H34N4O6. The van der Waals surface area contributed by atoms with Gasteiger partial charge in [0.1, 0.15) is 12.3 Å². The van der Waals surface area contributed by atoms with Crippen LogP contribution in [0.1, 0.15) is 41.3 Å². The fourth-order valence-electron chi connectivity index (χ4n) is 5.04. The number of carbonyl (C=O) groups excluding carboxylic acids is 2. The summed E-state index contributed by atoms with van der Waals surface area (Å²) in [4.78, 5) is 53.5. The molecule has 10 nitrogen and oxygen atoms in total. The second-order valence-electron chi connectivity index (χ2n) is 10.3. The number of hydrogen-bond acceptors (Lipinski definition) is 6. The third kappa shape index (κ3) is 6.44. The molecule has 0 radical (unpaired) electrons. The highest BCUT2D eigenvalue weighted by molar-refractivity contribution is 5.98. The zero-order chi connectivity index (χ0) is 29.6. The van der Waals surface area contributed by atoms with Crippen LogP contribution in [0.5, 0.6) is 5.75 Å². The van der Waals surface area contributed by atoms with Crippen molar-refractivity contribution in [3.8, 4) is 5.75 Å². The largest absolute Gasteiger partial charge is 0.492 e. The molecule has 42 heavy (non-hydrogen) atoms. The summed E-state index contributed by atoms with van der Waals surface area (Å²) in [6.07, 6.45) is 1.32. The number of anilines is 1. The first-order chi connectivity index (χ1) is 20.3. The van der Waals surface area contributed by atoms with E-state index in [0.29, 0.717) is 31.2 Å². The lowest BCUT2D eigenvalue weighted by atomic mass is 10.1. The fraction of sp³-hybridized carbons (Fsp3) is 0.312. The van der Waals surface area contributed by atoms with Crippen LogP contribution in [0.4, 0.5) is 5.69 Å². The third-order valence-corrected chi connectivity index (χ3v) is 7.23. The molecule has 3 aromatic carbocycles. The normalized spacial score (nSPS) is 14.6. The van der Waals surface area contributed by atoms with Gasteiger partial charge in [0, 0.05) is 18.7 Å². The van der Waals surface area contributed by atoms with Crippen molar-refractivity contribution in [3.63, 3.8) is 0 Å². The summed E-state index contributed by atoms with van der Waals surface area (Å²) in [6.45, 7) is 4.84. The predicted octanol–water partition coefficient (Wildman–Crippen LogP) is 3.62. The summed E-state index contributed by atoms with van der Waals surface area (Å²) < 4.78 is 13.6. The van der Waals surface area contributed by atoms with Gasteiger partial charge in [-0.2, -0.15) is 0 Å². The molecule has 1 aliphatic heterocycles. The van der Waals surface area contributed by atoms with Crippen molar-refractivity contribution in [2.45, 2.75) is 52.4 Å². The van der Waals surface area contributed by atoms with Crippen LogP contribution in [-0.2, 0) is 29.2 Å². The van der Waals surface area contributed by atoms with Gasteiger partial charge < -0.3 is 20.1 Å². The number of ether oxygens (including phenoxy) is 2. The smallest absolute Gasteiger partial charge is 0.332 e. The van der Waals surface area contributed by atoms with Crippen LogP contribution in [0.2, 0.25) is 0 Å². The highest BCUT2D eigenvalue weighted by Gasteiger charge is 2.22. The van der Waals surface area contributed by atoms with Crippen molar-refractivity contribution in [2.75, 3.05) is 18.5 Å². The number of carbonyl (C=O) groups is 2. The molecule has 1 atom stereocenters. The summed E-state index contributed by atoms with van der Waals surface area (Å²) in [5, 5.41) is 5.91. The van der Waals surface area contributed by atoms with Gasteiger partial charge in [-0.1, -0.05) is 42.0 Å². The Bertz CT molecular complexity index is 1720. The van der Waals surface area contributed by atoms with Crippen molar-refractivity contribution in [3.05, 3.63) is 104 Å². The standard InChI is InChI=1S/C32H34N4O6/c1-3-41-28-9-5-4-8-26(28)34-29(37)20-35-27-17-23(30(38)33-18-22-12-10-21(2)11-13-22)14-15-25(27)31(39)36(32(35)40)19-24-7-6-16-42-24/h4-5,8-15,17,24H,3,6-7,16,18-20H2,1-2H3,(H,33,38)(H,34,37)/t24-/m1/s1. The van der Waals surface area contributed by atoms with Crippen molar-refractivity contribution in [2.24, 2.45) is 0 Å². The van der Waals surface area contributed by atoms with E-state index in [1.807, 2.05) is 38.1 Å². The Hall–Kier alpha value is -4.70. The van der Waals surface area contributed by atoms with Gasteiger partial charge >= 0.3 is 5.69 Å². The second kappa shape index (κ2) is 12.9. The Balaban J connectivity index is 1.49. The molecule has 2 heterocycles. The van der Waals surface area contributed by atoms with E-state index >= 15 is 0 Å². The molecule has 2 amide bonds. The Morgan fingerprint density at radius 2 is 1.81 bits per heavy atom. The monoisotopic (exact) mass is 570 g/mol. The Labute approximate surface area is 242 Å². The first-order valence-corrected chi connectivity index (χ1v) is 14.1. The Morgan fingerprint density at radius 3 is 2.55 bits per heavy atom. The van der Waals surface area contributed by atoms with E-state index in [1.54, 1.807) is 30.3 Å². The minimum Gasteiger partial charge on any atom is -0.492 e. The summed E-state index contributed by atoms with van der Waals surface area (Å²) in [5.41, 5.74) is 1.85. The average Bonchev–Trinajstić information content (AvgIpc) is 3.51. The molecule has 4 aromatic rings. The van der Waals surface area contributed by atoms with Crippen molar-refractivity contribution in [1.82, 2.24) is 14.5 Å². The number of aromatic nitrogens is 2. The van der Waals surface area contributed by atoms with Crippen LogP contribution in [0, 0.1) is 6.92 Å². The molecule has 0 aliphatic carbocycles. The molecule has 1 aromatic heterocycles. The highest BCUT2D eigenvalue weighted by atomic mass is 16.5. The van der Waals surface area contributed by atoms with Gasteiger partial charge in [0.15, 0.2) is 0 Å². The minimum absolute atomic E-state index is 0.0845. The number of amides is 2. The molecule has 0 bridgehead atoms. The zero-order valence-corrected chi connectivity index (χ0v) is 23.7. The van der Waals surface area contributed by atoms with Gasteiger partial charge in [-0.3, -0.25) is 23.5 Å². The van der Waals surface area contributed by atoms with Gasteiger partial charge in [0.25, 0.3) is 11.5 Å². The summed E-state index contributed by atoms with van der Waals surface area (Å²) in [7, 11) is 0. The maximum Gasteiger partial charge on any atom is 0.332 e. The van der Waals surface area contributed by atoms with E-state index < -0.39 is 17.2 Å². The molecule has 1 aliphatic rings. The lowest BCUT2D eigenvalue weighted by Crippen LogP contribution is -2.43. The Kier molecular flexibility index (Phi) is 8.83. The van der Waals surface area contributed by atoms with E-state index in [-0.39, 0.29) is 41.6 Å². The molecule has 10 heteroatoms. The number of benzene rings is 3. The number of nitrogens with one attached hydrogen (secondary N) is 2. The van der Waals surface area contributed by atoms with E-state index in [9.17, 15) is 19.2 Å². The molecule has 0 unspecified atom stereocenters. The lowest BCUT2D eigenvalue weighted by Gasteiger charge is -2.17. The van der Waals surface area contributed by atoms with Crippen molar-refractivity contribution >= 4 is 28.4 Å². The van der Waals surface area contributed by atoms with Crippen LogP contribution in [-0.4, -0.2) is 40.3 Å². The average molecular weight is 571 g/mol. The van der Waals surface area contributed by atoms with E-state index in [4.69, 9.17) is 9.47 Å². The first-order valence-electron chi connectivity index (χ1n) is 14.1. The molecule has 1 fully saturated rings. The van der Waals surface area contributed by atoms with E-state index in [1.165, 1.54) is 16.7 Å². The minimum atomic E-state index is -0.645. The molecule has 5 rings (SSSR count). The maximum absolute atomic E-state index is 13.7. The summed E-state index contributed by atoms with van der Waals surface area (Å²) in [5.74, 6) is -0.348. The van der Waals surface area contributed by atoms with Crippen LogP contribution in [0.15, 0.2) is 76.3 Å². The fourth-order valence-corrected chi connectivity index (χ4v) is 5.04. The SMILES string of the molecule is CCOc1ccccc1NC(=O)Cn1c(=O)n(C[C@H]2CCCO2)c(=O)c2ccc(C(=O)NCc3ccc(C)cc3)cc21. The molecule has 1 saturated heterocycles. The zero-order valence-electron chi connectivity index (χ0n) is 23.7. The van der Waals surface area contributed by atoms with E-state index in [2.05, 4.69) is 10.6 Å². The molecule has 0 saturated carbocycles. The van der Waals surface area contributed by atoms with Gasteiger partial charge in [0.2, 0.25) is 5.91 Å². The van der Waals surface area contributed by atoms with Crippen molar-refractivity contribution in [1.29, 1.82) is 0 Å². The van der Waals surface area contributed by atoms with Crippen LogP contribution in [0.3, 0.4) is 0 Å². The van der Waals surface area contributed by atoms with Gasteiger partial charge in [-0.15, -0.1) is 0 Å². The van der Waals surface area contributed by atoms with Gasteiger partial charge in [-0.05, 0) is 62.6 Å². The summed E-state index contributed by atoms with van der Waals surface area (Å²) in [6, 6.07) is 19.4. The summed E-state index contributed by atoms with van der Waals surface area (Å²) >= 11 is 0. The van der Waals surface area contributed by atoms with Crippen LogP contribution in [0.25, 0.3) is 10.9 Å². The van der Waals surface area contributed by atoms with Crippen molar-refractivity contribution < 1.29 is 19.1 Å². The molecule has 0 spiro atoms. The highest BCUT2D eigenvalue weighted by Crippen LogP contribution is 2.24. The van der Waals surface area contributed by atoms with Crippen LogP contribution < -0.4 is 26.6 Å². The predicted molar refractivity (Wildman–Crippen MR) is 160 cm³/mol. The number of fused-ring (bicyclic) bond motifs is 1.